The summed E-state index contributed by atoms with van der Waals surface area (Å²) in [6.07, 6.45) is 1.22. The van der Waals surface area contributed by atoms with Crippen LogP contribution in [0.5, 0.6) is 0 Å². The van der Waals surface area contributed by atoms with Crippen LogP contribution >= 0.6 is 11.3 Å². The Bertz CT molecular complexity index is 738. The zero-order valence-corrected chi connectivity index (χ0v) is 11.6. The highest BCUT2D eigenvalue weighted by Crippen LogP contribution is 2.22. The fourth-order valence-corrected chi connectivity index (χ4v) is 2.83. The predicted octanol–water partition coefficient (Wildman–Crippen LogP) is 1.97. The molecule has 1 aromatic carbocycles. The number of sulfonamides is 1. The van der Waals surface area contributed by atoms with Gasteiger partial charge in [-0.1, -0.05) is 29.5 Å². The molecule has 7 nitrogen and oxygen atoms in total. The zero-order valence-electron chi connectivity index (χ0n) is 9.96. The third-order valence-corrected chi connectivity index (χ3v) is 4.42. The number of rotatable bonds is 5. The van der Waals surface area contributed by atoms with Crippen LogP contribution in [0.3, 0.4) is 0 Å². The zero-order chi connectivity index (χ0) is 14.6. The van der Waals surface area contributed by atoms with Crippen LogP contribution in [0.1, 0.15) is 4.88 Å². The van der Waals surface area contributed by atoms with Crippen molar-refractivity contribution in [2.75, 3.05) is 0 Å². The Balaban J connectivity index is 2.08. The van der Waals surface area contributed by atoms with E-state index >= 15 is 0 Å². The number of nitrogens with one attached hydrogen (secondary N) is 1. The number of hydrogen-bond donors (Lipinski definition) is 1. The molecule has 0 aliphatic carbocycles. The smallest absolute Gasteiger partial charge is 0.258 e. The fourth-order valence-electron chi connectivity index (χ4n) is 1.32. The summed E-state index contributed by atoms with van der Waals surface area (Å²) in [5.74, 6) is 0. The van der Waals surface area contributed by atoms with Crippen molar-refractivity contribution >= 4 is 32.6 Å². The van der Waals surface area contributed by atoms with Crippen molar-refractivity contribution in [2.24, 2.45) is 5.10 Å². The maximum absolute atomic E-state index is 11.8. The number of thiophene rings is 1. The molecule has 104 valence electrons. The standard InChI is InChI=1S/C11H9N3O4S2/c15-14(16)11-7-6-9(19-11)8-12-13-20(17,18)10-4-2-1-3-5-10/h1-8,13H/b12-8+. The normalized spacial score (nSPS) is 11.6. The van der Waals surface area contributed by atoms with E-state index in [4.69, 9.17) is 0 Å². The molecule has 0 spiro atoms. The summed E-state index contributed by atoms with van der Waals surface area (Å²) in [6, 6.07) is 10.6. The number of nitrogens with zero attached hydrogens (tertiary/aromatic N) is 2. The summed E-state index contributed by atoms with van der Waals surface area (Å²) in [6.45, 7) is 0. The molecule has 0 radical (unpaired) electrons. The monoisotopic (exact) mass is 311 g/mol. The Labute approximate surface area is 118 Å². The molecule has 0 atom stereocenters. The molecular weight excluding hydrogens is 302 g/mol. The van der Waals surface area contributed by atoms with E-state index in [1.807, 2.05) is 4.83 Å². The van der Waals surface area contributed by atoms with Crippen molar-refractivity contribution in [3.05, 3.63) is 57.5 Å². The van der Waals surface area contributed by atoms with E-state index in [1.54, 1.807) is 18.2 Å². The van der Waals surface area contributed by atoms with Crippen LogP contribution in [-0.2, 0) is 10.0 Å². The predicted molar refractivity (Wildman–Crippen MR) is 75.3 cm³/mol. The van der Waals surface area contributed by atoms with Gasteiger partial charge in [-0.2, -0.15) is 13.5 Å². The first-order valence-electron chi connectivity index (χ1n) is 5.33. The van der Waals surface area contributed by atoms with Crippen molar-refractivity contribution in [3.63, 3.8) is 0 Å². The second kappa shape index (κ2) is 5.80. The summed E-state index contributed by atoms with van der Waals surface area (Å²) < 4.78 is 23.6. The van der Waals surface area contributed by atoms with Gasteiger partial charge in [0.2, 0.25) is 0 Å². The maximum atomic E-state index is 11.8. The van der Waals surface area contributed by atoms with Crippen molar-refractivity contribution in [1.82, 2.24) is 4.83 Å². The van der Waals surface area contributed by atoms with Gasteiger partial charge in [0.05, 0.1) is 20.9 Å². The van der Waals surface area contributed by atoms with E-state index < -0.39 is 14.9 Å². The van der Waals surface area contributed by atoms with Gasteiger partial charge < -0.3 is 0 Å². The van der Waals surface area contributed by atoms with Gasteiger partial charge in [0.25, 0.3) is 10.0 Å². The molecule has 9 heteroatoms. The number of hydrogen-bond acceptors (Lipinski definition) is 6. The molecule has 2 rings (SSSR count). The van der Waals surface area contributed by atoms with Crippen LogP contribution in [0.15, 0.2) is 52.5 Å². The molecule has 0 aliphatic heterocycles. The Morgan fingerprint density at radius 2 is 1.90 bits per heavy atom. The molecule has 2 aromatic rings. The largest absolute Gasteiger partial charge is 0.324 e. The van der Waals surface area contributed by atoms with Gasteiger partial charge in [-0.3, -0.25) is 10.1 Å². The summed E-state index contributed by atoms with van der Waals surface area (Å²) in [5, 5.41) is 14.0. The van der Waals surface area contributed by atoms with Crippen LogP contribution in [0.2, 0.25) is 0 Å². The Morgan fingerprint density at radius 1 is 1.20 bits per heavy atom. The van der Waals surface area contributed by atoms with Crippen molar-refractivity contribution in [2.45, 2.75) is 4.90 Å². The second-order valence-electron chi connectivity index (χ2n) is 3.60. The topological polar surface area (TPSA) is 102 Å². The quantitative estimate of drug-likeness (QED) is 0.518. The van der Waals surface area contributed by atoms with Gasteiger partial charge in [-0.05, 0) is 18.2 Å². The molecule has 0 fully saturated rings. The number of hydrazone groups is 1. The molecule has 20 heavy (non-hydrogen) atoms. The summed E-state index contributed by atoms with van der Waals surface area (Å²) in [5.41, 5.74) is 0. The lowest BCUT2D eigenvalue weighted by atomic mass is 10.4. The molecule has 0 saturated carbocycles. The van der Waals surface area contributed by atoms with E-state index in [2.05, 4.69) is 5.10 Å². The Kier molecular flexibility index (Phi) is 4.11. The Morgan fingerprint density at radius 3 is 2.50 bits per heavy atom. The third kappa shape index (κ3) is 3.39. The molecule has 1 heterocycles. The maximum Gasteiger partial charge on any atom is 0.324 e. The number of nitro groups is 1. The fraction of sp³-hybridized carbons (Fsp3) is 0. The lowest BCUT2D eigenvalue weighted by Crippen LogP contribution is -2.18. The van der Waals surface area contributed by atoms with Crippen molar-refractivity contribution < 1.29 is 13.3 Å². The molecule has 1 aromatic heterocycles. The van der Waals surface area contributed by atoms with E-state index in [-0.39, 0.29) is 9.90 Å². The van der Waals surface area contributed by atoms with Crippen LogP contribution in [-0.4, -0.2) is 19.6 Å². The van der Waals surface area contributed by atoms with E-state index in [0.717, 1.165) is 11.3 Å². The first-order chi connectivity index (χ1) is 9.49. The first-order valence-corrected chi connectivity index (χ1v) is 7.63. The van der Waals surface area contributed by atoms with Crippen molar-refractivity contribution in [1.29, 1.82) is 0 Å². The lowest BCUT2D eigenvalue weighted by Gasteiger charge is -2.01. The van der Waals surface area contributed by atoms with Gasteiger partial charge in [0, 0.05) is 6.07 Å². The van der Waals surface area contributed by atoms with Crippen LogP contribution < -0.4 is 4.83 Å². The summed E-state index contributed by atoms with van der Waals surface area (Å²) in [7, 11) is -3.72. The molecule has 0 saturated heterocycles. The molecule has 0 amide bonds. The van der Waals surface area contributed by atoms with E-state index in [9.17, 15) is 18.5 Å². The molecule has 0 unspecified atom stereocenters. The van der Waals surface area contributed by atoms with Gasteiger partial charge in [-0.25, -0.2) is 4.83 Å². The SMILES string of the molecule is O=[N+]([O-])c1ccc(/C=N/NS(=O)(=O)c2ccccc2)s1. The third-order valence-electron chi connectivity index (χ3n) is 2.21. The highest BCUT2D eigenvalue weighted by atomic mass is 32.2. The summed E-state index contributed by atoms with van der Waals surface area (Å²) >= 11 is 0.904. The minimum absolute atomic E-state index is 0.0302. The second-order valence-corrected chi connectivity index (χ2v) is 6.35. The van der Waals surface area contributed by atoms with Gasteiger partial charge in [0.15, 0.2) is 0 Å². The first kappa shape index (κ1) is 14.2. The van der Waals surface area contributed by atoms with Gasteiger partial charge in [0.1, 0.15) is 0 Å². The summed E-state index contributed by atoms with van der Waals surface area (Å²) in [4.78, 5) is 12.6. The molecule has 0 aliphatic rings. The highest BCUT2D eigenvalue weighted by molar-refractivity contribution is 7.89. The lowest BCUT2D eigenvalue weighted by molar-refractivity contribution is -0.380. The van der Waals surface area contributed by atoms with Gasteiger partial charge in [-0.15, -0.1) is 0 Å². The van der Waals surface area contributed by atoms with Crippen LogP contribution in [0.4, 0.5) is 5.00 Å². The minimum atomic E-state index is -3.72. The van der Waals surface area contributed by atoms with E-state index in [1.165, 1.54) is 30.5 Å². The minimum Gasteiger partial charge on any atom is -0.258 e. The van der Waals surface area contributed by atoms with Gasteiger partial charge >= 0.3 is 5.00 Å². The average Bonchev–Trinajstić information content (AvgIpc) is 2.89. The average molecular weight is 311 g/mol. The van der Waals surface area contributed by atoms with E-state index in [0.29, 0.717) is 4.88 Å². The Hall–Kier alpha value is -2.26. The van der Waals surface area contributed by atoms with Crippen LogP contribution in [0.25, 0.3) is 0 Å². The molecular formula is C11H9N3O4S2. The number of benzene rings is 1. The molecule has 1 N–H and O–H groups in total. The molecule has 0 bridgehead atoms. The highest BCUT2D eigenvalue weighted by Gasteiger charge is 2.12. The van der Waals surface area contributed by atoms with Crippen molar-refractivity contribution in [3.8, 4) is 0 Å². The van der Waals surface area contributed by atoms with Crippen LogP contribution in [0, 0.1) is 10.1 Å².